The SMILES string of the molecule is Cc1nn(-c2nc(N)nc3[nH]ncc23)c(C)c1Cl. The van der Waals surface area contributed by atoms with Crippen LogP contribution in [0.2, 0.25) is 5.02 Å². The lowest BCUT2D eigenvalue weighted by molar-refractivity contribution is 0.812. The zero-order valence-electron chi connectivity index (χ0n) is 9.77. The van der Waals surface area contributed by atoms with E-state index >= 15 is 0 Å². The molecule has 3 N–H and O–H groups in total. The van der Waals surface area contributed by atoms with Crippen LogP contribution in [0.15, 0.2) is 6.20 Å². The Labute approximate surface area is 107 Å². The Bertz CT molecular complexity index is 742. The average Bonchev–Trinajstić information content (AvgIpc) is 2.88. The third-order valence-corrected chi connectivity index (χ3v) is 3.26. The van der Waals surface area contributed by atoms with E-state index in [9.17, 15) is 0 Å². The van der Waals surface area contributed by atoms with E-state index in [1.807, 2.05) is 13.8 Å². The van der Waals surface area contributed by atoms with Gasteiger partial charge in [0.1, 0.15) is 0 Å². The standard InChI is InChI=1S/C10H10ClN7/c1-4-7(11)5(2)18(17-4)9-6-3-13-16-8(6)14-10(12)15-9/h3H,1-2H3,(H3,12,13,14,15,16). The predicted octanol–water partition coefficient (Wildman–Crippen LogP) is 1.39. The summed E-state index contributed by atoms with van der Waals surface area (Å²) in [7, 11) is 0. The summed E-state index contributed by atoms with van der Waals surface area (Å²) in [5, 5.41) is 12.4. The van der Waals surface area contributed by atoms with Crippen LogP contribution in [0.1, 0.15) is 11.4 Å². The molecule has 0 saturated heterocycles. The molecule has 0 aliphatic carbocycles. The number of hydrogen-bond donors (Lipinski definition) is 2. The quantitative estimate of drug-likeness (QED) is 0.691. The molecule has 7 nitrogen and oxygen atoms in total. The van der Waals surface area contributed by atoms with Crippen molar-refractivity contribution in [2.24, 2.45) is 0 Å². The lowest BCUT2D eigenvalue weighted by Crippen LogP contribution is -2.06. The Morgan fingerprint density at radius 1 is 1.33 bits per heavy atom. The Morgan fingerprint density at radius 3 is 2.78 bits per heavy atom. The van der Waals surface area contributed by atoms with Gasteiger partial charge in [-0.15, -0.1) is 0 Å². The molecule has 0 aromatic carbocycles. The molecule has 92 valence electrons. The van der Waals surface area contributed by atoms with Gasteiger partial charge < -0.3 is 5.73 Å². The molecule has 0 unspecified atom stereocenters. The van der Waals surface area contributed by atoms with E-state index in [1.54, 1.807) is 10.9 Å². The fourth-order valence-electron chi connectivity index (χ4n) is 1.83. The maximum Gasteiger partial charge on any atom is 0.224 e. The van der Waals surface area contributed by atoms with Gasteiger partial charge in [-0.05, 0) is 13.8 Å². The fraction of sp³-hybridized carbons (Fsp3) is 0.200. The Balaban J connectivity index is 2.37. The highest BCUT2D eigenvalue weighted by Crippen LogP contribution is 2.25. The molecule has 3 aromatic rings. The van der Waals surface area contributed by atoms with Crippen molar-refractivity contribution in [3.05, 3.63) is 22.6 Å². The Morgan fingerprint density at radius 2 is 2.11 bits per heavy atom. The second-order valence-electron chi connectivity index (χ2n) is 3.93. The number of nitrogen functional groups attached to an aromatic ring is 1. The zero-order valence-corrected chi connectivity index (χ0v) is 10.5. The van der Waals surface area contributed by atoms with Crippen LogP contribution >= 0.6 is 11.6 Å². The molecule has 0 spiro atoms. The van der Waals surface area contributed by atoms with Gasteiger partial charge in [-0.1, -0.05) is 11.6 Å². The van der Waals surface area contributed by atoms with Gasteiger partial charge in [0, 0.05) is 0 Å². The van der Waals surface area contributed by atoms with Crippen molar-refractivity contribution in [2.75, 3.05) is 5.73 Å². The molecular weight excluding hydrogens is 254 g/mol. The molecule has 3 rings (SSSR count). The van der Waals surface area contributed by atoms with Gasteiger partial charge >= 0.3 is 0 Å². The van der Waals surface area contributed by atoms with Crippen molar-refractivity contribution in [3.8, 4) is 5.82 Å². The first kappa shape index (κ1) is 11.0. The number of aromatic amines is 1. The number of hydrogen-bond acceptors (Lipinski definition) is 5. The number of halogens is 1. The summed E-state index contributed by atoms with van der Waals surface area (Å²) in [4.78, 5) is 8.26. The monoisotopic (exact) mass is 263 g/mol. The van der Waals surface area contributed by atoms with Crippen LogP contribution in [0.5, 0.6) is 0 Å². The highest BCUT2D eigenvalue weighted by Gasteiger charge is 2.16. The van der Waals surface area contributed by atoms with Crippen molar-refractivity contribution in [1.29, 1.82) is 0 Å². The number of nitrogens with one attached hydrogen (secondary N) is 1. The number of aromatic nitrogens is 6. The van der Waals surface area contributed by atoms with Crippen molar-refractivity contribution < 1.29 is 0 Å². The maximum absolute atomic E-state index is 6.13. The molecule has 0 saturated carbocycles. The third-order valence-electron chi connectivity index (χ3n) is 2.71. The molecule has 0 radical (unpaired) electrons. The van der Waals surface area contributed by atoms with Crippen LogP contribution < -0.4 is 5.73 Å². The van der Waals surface area contributed by atoms with Crippen LogP contribution in [0, 0.1) is 13.8 Å². The van der Waals surface area contributed by atoms with Crippen molar-refractivity contribution >= 4 is 28.6 Å². The van der Waals surface area contributed by atoms with Crippen LogP contribution in [0.4, 0.5) is 5.95 Å². The topological polar surface area (TPSA) is 98.3 Å². The van der Waals surface area contributed by atoms with E-state index in [0.717, 1.165) is 16.8 Å². The van der Waals surface area contributed by atoms with Gasteiger partial charge in [0.2, 0.25) is 5.95 Å². The number of anilines is 1. The van der Waals surface area contributed by atoms with Crippen LogP contribution in [-0.4, -0.2) is 29.9 Å². The second kappa shape index (κ2) is 3.67. The summed E-state index contributed by atoms with van der Waals surface area (Å²) in [5.74, 6) is 0.726. The molecule has 0 aliphatic heterocycles. The molecule has 3 heterocycles. The number of nitrogens with two attached hydrogens (primary N) is 1. The van der Waals surface area contributed by atoms with Crippen LogP contribution in [0.3, 0.4) is 0 Å². The first-order valence-electron chi connectivity index (χ1n) is 5.26. The lowest BCUT2D eigenvalue weighted by atomic mass is 10.3. The molecule has 18 heavy (non-hydrogen) atoms. The summed E-state index contributed by atoms with van der Waals surface area (Å²) in [6.07, 6.45) is 1.63. The lowest BCUT2D eigenvalue weighted by Gasteiger charge is -2.05. The number of H-pyrrole nitrogens is 1. The molecule has 0 fully saturated rings. The summed E-state index contributed by atoms with van der Waals surface area (Å²) < 4.78 is 1.65. The van der Waals surface area contributed by atoms with Gasteiger partial charge in [-0.3, -0.25) is 5.10 Å². The molecule has 8 heteroatoms. The first-order chi connectivity index (χ1) is 8.58. The van der Waals surface area contributed by atoms with E-state index in [4.69, 9.17) is 17.3 Å². The molecule has 0 amide bonds. The molecule has 0 bridgehead atoms. The fourth-order valence-corrected chi connectivity index (χ4v) is 1.95. The summed E-state index contributed by atoms with van der Waals surface area (Å²) in [5.41, 5.74) is 7.78. The van der Waals surface area contributed by atoms with E-state index < -0.39 is 0 Å². The molecule has 0 aliphatic rings. The summed E-state index contributed by atoms with van der Waals surface area (Å²) >= 11 is 6.13. The van der Waals surface area contributed by atoms with Gasteiger partial charge in [-0.25, -0.2) is 4.68 Å². The minimum absolute atomic E-state index is 0.158. The summed E-state index contributed by atoms with van der Waals surface area (Å²) in [6, 6.07) is 0. The average molecular weight is 264 g/mol. The number of aryl methyl sites for hydroxylation is 1. The molecular formula is C10H10ClN7. The summed E-state index contributed by atoms with van der Waals surface area (Å²) in [6.45, 7) is 3.70. The van der Waals surface area contributed by atoms with Crippen molar-refractivity contribution in [1.82, 2.24) is 29.9 Å². The van der Waals surface area contributed by atoms with E-state index in [1.165, 1.54) is 0 Å². The van der Waals surface area contributed by atoms with Crippen LogP contribution in [-0.2, 0) is 0 Å². The molecule has 3 aromatic heterocycles. The van der Waals surface area contributed by atoms with Gasteiger partial charge in [0.25, 0.3) is 0 Å². The smallest absolute Gasteiger partial charge is 0.224 e. The van der Waals surface area contributed by atoms with E-state index in [-0.39, 0.29) is 5.95 Å². The zero-order chi connectivity index (χ0) is 12.9. The Hall–Kier alpha value is -2.15. The highest BCUT2D eigenvalue weighted by molar-refractivity contribution is 6.31. The highest BCUT2D eigenvalue weighted by atomic mass is 35.5. The second-order valence-corrected chi connectivity index (χ2v) is 4.31. The maximum atomic E-state index is 6.13. The van der Waals surface area contributed by atoms with Crippen molar-refractivity contribution in [2.45, 2.75) is 13.8 Å². The number of fused-ring (bicyclic) bond motifs is 1. The van der Waals surface area contributed by atoms with Crippen molar-refractivity contribution in [3.63, 3.8) is 0 Å². The minimum atomic E-state index is 0.158. The van der Waals surface area contributed by atoms with Gasteiger partial charge in [0.15, 0.2) is 11.5 Å². The number of nitrogens with zero attached hydrogens (tertiary/aromatic N) is 5. The minimum Gasteiger partial charge on any atom is -0.368 e. The molecule has 0 atom stereocenters. The third kappa shape index (κ3) is 1.44. The van der Waals surface area contributed by atoms with Crippen LogP contribution in [0.25, 0.3) is 16.9 Å². The predicted molar refractivity (Wildman–Crippen MR) is 67.7 cm³/mol. The van der Waals surface area contributed by atoms with Gasteiger partial charge in [0.05, 0.1) is 28.0 Å². The van der Waals surface area contributed by atoms with E-state index in [2.05, 4.69) is 25.3 Å². The first-order valence-corrected chi connectivity index (χ1v) is 5.64. The largest absolute Gasteiger partial charge is 0.368 e. The number of rotatable bonds is 1. The van der Waals surface area contributed by atoms with Gasteiger partial charge in [-0.2, -0.15) is 20.2 Å². The normalized spacial score (nSPS) is 11.3. The van der Waals surface area contributed by atoms with E-state index in [0.29, 0.717) is 16.5 Å². The Kier molecular flexibility index (Phi) is 2.24.